The van der Waals surface area contributed by atoms with Crippen LogP contribution >= 0.6 is 34.8 Å². The lowest BCUT2D eigenvalue weighted by molar-refractivity contribution is -0.140. The third kappa shape index (κ3) is 7.99. The monoisotopic (exact) mass is 578 g/mol. The summed E-state index contributed by atoms with van der Waals surface area (Å²) in [4.78, 5) is 12.3. The summed E-state index contributed by atoms with van der Waals surface area (Å²) in [5.41, 5.74) is 0.565. The first-order chi connectivity index (χ1) is 16.3. The Hall–Kier alpha value is -2.01. The van der Waals surface area contributed by atoms with Crippen molar-refractivity contribution in [1.82, 2.24) is 10.9 Å². The van der Waals surface area contributed by atoms with Gasteiger partial charge in [-0.1, -0.05) is 61.6 Å². The molecule has 0 aliphatic heterocycles. The summed E-state index contributed by atoms with van der Waals surface area (Å²) in [6.07, 6.45) is -10.1. The lowest BCUT2D eigenvalue weighted by Crippen LogP contribution is -2.42. The smallest absolute Gasteiger partial charge is 0.287 e. The van der Waals surface area contributed by atoms with Gasteiger partial charge in [0.05, 0.1) is 26.2 Å². The number of nitrogens with one attached hydrogen (secondary N) is 2. The molecule has 36 heavy (non-hydrogen) atoms. The molecule has 2 N–H and O–H groups in total. The lowest BCUT2D eigenvalue weighted by Gasteiger charge is -2.20. The zero-order chi connectivity index (χ0) is 27.6. The van der Waals surface area contributed by atoms with Crippen LogP contribution in [0.1, 0.15) is 53.7 Å². The molecule has 1 atom stereocenters. The maximum Gasteiger partial charge on any atom is 0.417 e. The highest BCUT2D eigenvalue weighted by Crippen LogP contribution is 2.42. The fraction of sp³-hybridized carbons (Fsp3) is 0.348. The molecule has 1 unspecified atom stereocenters. The highest BCUT2D eigenvalue weighted by atomic mass is 35.5. The summed E-state index contributed by atoms with van der Waals surface area (Å²) < 4.78 is 97.0. The summed E-state index contributed by atoms with van der Waals surface area (Å²) >= 11 is 17.3. The molecule has 0 aliphatic rings. The summed E-state index contributed by atoms with van der Waals surface area (Å²) in [7, 11) is 0. The van der Waals surface area contributed by atoms with Crippen LogP contribution < -0.4 is 10.9 Å². The van der Waals surface area contributed by atoms with Gasteiger partial charge >= 0.3 is 12.4 Å². The van der Waals surface area contributed by atoms with Crippen LogP contribution in [0.2, 0.25) is 15.1 Å². The Morgan fingerprint density at radius 1 is 0.972 bits per heavy atom. The van der Waals surface area contributed by atoms with Crippen LogP contribution in [0.15, 0.2) is 36.4 Å². The van der Waals surface area contributed by atoms with Crippen LogP contribution in [0.4, 0.5) is 30.7 Å². The van der Waals surface area contributed by atoms with Crippen molar-refractivity contribution in [1.29, 1.82) is 0 Å². The van der Waals surface area contributed by atoms with Crippen molar-refractivity contribution in [3.8, 4) is 0 Å². The Morgan fingerprint density at radius 3 is 2.00 bits per heavy atom. The average molecular weight is 580 g/mol. The van der Waals surface area contributed by atoms with Crippen molar-refractivity contribution in [2.24, 2.45) is 5.41 Å². The number of benzene rings is 2. The van der Waals surface area contributed by atoms with Gasteiger partial charge in [0.2, 0.25) is 0 Å². The Morgan fingerprint density at radius 2 is 1.53 bits per heavy atom. The molecule has 0 bridgehead atoms. The molecule has 0 aromatic heterocycles. The number of carbonyl (C=O) groups is 1. The molecule has 0 spiro atoms. The molecule has 13 heteroatoms. The fourth-order valence-electron chi connectivity index (χ4n) is 2.96. The zero-order valence-electron chi connectivity index (χ0n) is 18.9. The molecular weight excluding hydrogens is 560 g/mol. The van der Waals surface area contributed by atoms with Gasteiger partial charge in [0.25, 0.3) is 5.91 Å². The van der Waals surface area contributed by atoms with Crippen LogP contribution in [0.25, 0.3) is 5.83 Å². The van der Waals surface area contributed by atoms with Crippen molar-refractivity contribution in [3.05, 3.63) is 73.7 Å². The number of carbonyl (C=O) groups excluding carboxylic acids is 1. The van der Waals surface area contributed by atoms with E-state index >= 15 is 0 Å². The molecule has 1 amide bonds. The molecule has 198 valence electrons. The van der Waals surface area contributed by atoms with E-state index in [2.05, 4.69) is 10.9 Å². The minimum atomic E-state index is -5.10. The number of alkyl halides is 6. The first-order valence-electron chi connectivity index (χ1n) is 10.1. The third-order valence-corrected chi connectivity index (χ3v) is 5.89. The predicted octanol–water partition coefficient (Wildman–Crippen LogP) is 8.60. The molecule has 2 rings (SSSR count). The quantitative estimate of drug-likeness (QED) is 0.204. The van der Waals surface area contributed by atoms with E-state index in [4.69, 9.17) is 34.8 Å². The van der Waals surface area contributed by atoms with Crippen molar-refractivity contribution >= 4 is 46.5 Å². The summed E-state index contributed by atoms with van der Waals surface area (Å²) in [6, 6.07) is 3.38. The van der Waals surface area contributed by atoms with Crippen molar-refractivity contribution in [2.75, 3.05) is 6.54 Å². The van der Waals surface area contributed by atoms with Gasteiger partial charge in [0.15, 0.2) is 0 Å². The number of hydrogen-bond donors (Lipinski definition) is 2. The number of amides is 1. The summed E-state index contributed by atoms with van der Waals surface area (Å²) in [6.45, 7) is 5.68. The molecule has 0 aliphatic carbocycles. The Bertz CT molecular complexity index is 1130. The zero-order valence-corrected chi connectivity index (χ0v) is 21.2. The van der Waals surface area contributed by atoms with Gasteiger partial charge in [0.1, 0.15) is 11.7 Å². The van der Waals surface area contributed by atoms with Crippen LogP contribution in [0.5, 0.6) is 0 Å². The van der Waals surface area contributed by atoms with E-state index in [-0.39, 0.29) is 39.2 Å². The molecule has 0 heterocycles. The second kappa shape index (κ2) is 11.2. The van der Waals surface area contributed by atoms with E-state index < -0.39 is 52.3 Å². The number of hydrogen-bond acceptors (Lipinski definition) is 2. The second-order valence-corrected chi connectivity index (χ2v) is 10.2. The average Bonchev–Trinajstić information content (AvgIpc) is 2.72. The maximum absolute atomic E-state index is 14.9. The van der Waals surface area contributed by atoms with E-state index in [0.29, 0.717) is 6.07 Å². The number of halogens is 10. The lowest BCUT2D eigenvalue weighted by atomic mass is 9.95. The number of allylic oxidation sites excluding steroid dienone is 1. The van der Waals surface area contributed by atoms with Crippen LogP contribution in [-0.4, -0.2) is 18.6 Å². The highest BCUT2D eigenvalue weighted by molar-refractivity contribution is 6.48. The van der Waals surface area contributed by atoms with Gasteiger partial charge in [0, 0.05) is 12.1 Å². The number of hydrazine groups is 1. The summed E-state index contributed by atoms with van der Waals surface area (Å²) in [5, 5.41) is -0.859. The van der Waals surface area contributed by atoms with Crippen molar-refractivity contribution in [2.45, 2.75) is 39.0 Å². The van der Waals surface area contributed by atoms with Gasteiger partial charge in [-0.15, -0.1) is 0 Å². The van der Waals surface area contributed by atoms with Gasteiger partial charge in [-0.05, 0) is 41.3 Å². The molecule has 0 radical (unpaired) electrons. The maximum atomic E-state index is 14.9. The first kappa shape index (κ1) is 30.2. The van der Waals surface area contributed by atoms with Gasteiger partial charge in [-0.25, -0.2) is 9.82 Å². The Balaban J connectivity index is 2.50. The highest BCUT2D eigenvalue weighted by Gasteiger charge is 2.41. The molecule has 2 aromatic carbocycles. The van der Waals surface area contributed by atoms with Crippen molar-refractivity contribution < 1.29 is 35.5 Å². The van der Waals surface area contributed by atoms with Crippen LogP contribution in [0, 0.1) is 5.41 Å². The normalized spacial score (nSPS) is 14.1. The van der Waals surface area contributed by atoms with E-state index in [1.165, 1.54) is 0 Å². The summed E-state index contributed by atoms with van der Waals surface area (Å²) in [5.74, 6) is -5.37. The number of rotatable bonds is 6. The molecule has 0 saturated carbocycles. The van der Waals surface area contributed by atoms with E-state index in [0.717, 1.165) is 18.2 Å². The molecule has 0 saturated heterocycles. The molecule has 0 fully saturated rings. The topological polar surface area (TPSA) is 41.1 Å². The Kier molecular flexibility index (Phi) is 9.37. The van der Waals surface area contributed by atoms with E-state index in [9.17, 15) is 35.5 Å². The van der Waals surface area contributed by atoms with E-state index in [1.54, 1.807) is 0 Å². The van der Waals surface area contributed by atoms with Crippen molar-refractivity contribution in [3.63, 3.8) is 0 Å². The second-order valence-electron chi connectivity index (χ2n) is 8.96. The van der Waals surface area contributed by atoms with E-state index in [1.807, 2.05) is 20.8 Å². The first-order valence-corrected chi connectivity index (χ1v) is 11.3. The SMILES string of the molecule is CC(C)(C)CNNC(=O)c1ccc(/C(F)=C/C(c2cc(Cl)c(Cl)c(Cl)c2)C(F)(F)F)cc1C(F)(F)F. The van der Waals surface area contributed by atoms with Gasteiger partial charge in [-0.3, -0.25) is 10.2 Å². The minimum absolute atomic E-state index is 0.0933. The molecule has 3 nitrogen and oxygen atoms in total. The van der Waals surface area contributed by atoms with Crippen LogP contribution in [-0.2, 0) is 6.18 Å². The standard InChI is InChI=1S/C23H20Cl3F7N2O/c1-21(2,3)10-34-35-20(36)13-5-4-11(6-15(13)23(31,32)33)18(27)9-14(22(28,29)30)12-7-16(24)19(26)17(25)8-12/h4-9,14,34H,10H2,1-3H3,(H,35,36)/b18-9-. The van der Waals surface area contributed by atoms with Crippen LogP contribution in [0.3, 0.4) is 0 Å². The van der Waals surface area contributed by atoms with Gasteiger partial charge in [-0.2, -0.15) is 26.3 Å². The van der Waals surface area contributed by atoms with Gasteiger partial charge < -0.3 is 0 Å². The largest absolute Gasteiger partial charge is 0.417 e. The Labute approximate surface area is 217 Å². The molecular formula is C23H20Cl3F7N2O. The third-order valence-electron chi connectivity index (χ3n) is 4.70. The fourth-order valence-corrected chi connectivity index (χ4v) is 3.57. The molecule has 2 aromatic rings. The predicted molar refractivity (Wildman–Crippen MR) is 126 cm³/mol. The minimum Gasteiger partial charge on any atom is -0.287 e.